The lowest BCUT2D eigenvalue weighted by atomic mass is 10.0. The van der Waals surface area contributed by atoms with Gasteiger partial charge in [0, 0.05) is 31.6 Å². The molecule has 0 fully saturated rings. The Labute approximate surface area is 123 Å². The van der Waals surface area contributed by atoms with Gasteiger partial charge in [-0.1, -0.05) is 13.0 Å². The average molecular weight is 282 g/mol. The van der Waals surface area contributed by atoms with Crippen molar-refractivity contribution in [3.05, 3.63) is 53.6 Å². The van der Waals surface area contributed by atoms with E-state index in [0.717, 1.165) is 34.4 Å². The Bertz CT molecular complexity index is 766. The van der Waals surface area contributed by atoms with E-state index in [-0.39, 0.29) is 0 Å². The molecule has 5 nitrogen and oxygen atoms in total. The third-order valence-electron chi connectivity index (χ3n) is 3.67. The number of nitrogens with zero attached hydrogens (tertiary/aromatic N) is 4. The molecule has 0 aliphatic rings. The number of aliphatic hydroxyl groups is 1. The number of aryl methyl sites for hydroxylation is 2. The van der Waals surface area contributed by atoms with Gasteiger partial charge < -0.3 is 5.11 Å². The number of fused-ring (bicyclic) bond motifs is 1. The van der Waals surface area contributed by atoms with Crippen LogP contribution < -0.4 is 0 Å². The standard InChI is InChI=1S/C16H18N4O/c1-3-12-9-13(20(2)19-12)10-16(21)11-4-5-14-15(8-11)18-7-6-17-14/h4-9,16,21H,3,10H2,1-2H3. The molecule has 2 aromatic heterocycles. The second-order valence-corrected chi connectivity index (χ2v) is 5.13. The number of aromatic nitrogens is 4. The van der Waals surface area contributed by atoms with Crippen LogP contribution in [-0.2, 0) is 19.9 Å². The zero-order valence-electron chi connectivity index (χ0n) is 12.2. The summed E-state index contributed by atoms with van der Waals surface area (Å²) in [5.41, 5.74) is 4.56. The Morgan fingerprint density at radius 3 is 2.62 bits per heavy atom. The van der Waals surface area contributed by atoms with Gasteiger partial charge in [-0.05, 0) is 30.2 Å². The largest absolute Gasteiger partial charge is 0.388 e. The van der Waals surface area contributed by atoms with Crippen molar-refractivity contribution in [2.75, 3.05) is 0 Å². The molecule has 0 aliphatic heterocycles. The lowest BCUT2D eigenvalue weighted by molar-refractivity contribution is 0.176. The second-order valence-electron chi connectivity index (χ2n) is 5.13. The smallest absolute Gasteiger partial charge is 0.0890 e. The topological polar surface area (TPSA) is 63.8 Å². The molecular weight excluding hydrogens is 264 g/mol. The van der Waals surface area contributed by atoms with Gasteiger partial charge in [0.15, 0.2) is 0 Å². The highest BCUT2D eigenvalue weighted by atomic mass is 16.3. The van der Waals surface area contributed by atoms with Gasteiger partial charge in [-0.3, -0.25) is 14.6 Å². The van der Waals surface area contributed by atoms with Crippen molar-refractivity contribution in [3.8, 4) is 0 Å². The molecule has 5 heteroatoms. The summed E-state index contributed by atoms with van der Waals surface area (Å²) < 4.78 is 1.84. The second kappa shape index (κ2) is 5.61. The van der Waals surface area contributed by atoms with Gasteiger partial charge in [0.05, 0.1) is 22.8 Å². The molecule has 0 bridgehead atoms. The molecular formula is C16H18N4O. The van der Waals surface area contributed by atoms with Crippen molar-refractivity contribution in [2.24, 2.45) is 7.05 Å². The molecule has 0 amide bonds. The van der Waals surface area contributed by atoms with E-state index in [1.165, 1.54) is 0 Å². The third-order valence-corrected chi connectivity index (χ3v) is 3.67. The Hall–Kier alpha value is -2.27. The first-order chi connectivity index (χ1) is 10.2. The van der Waals surface area contributed by atoms with Crippen LogP contribution in [0.1, 0.15) is 30.0 Å². The number of benzene rings is 1. The van der Waals surface area contributed by atoms with E-state index < -0.39 is 6.10 Å². The van der Waals surface area contributed by atoms with Gasteiger partial charge in [-0.25, -0.2) is 0 Å². The van der Waals surface area contributed by atoms with Gasteiger partial charge in [0.1, 0.15) is 0 Å². The van der Waals surface area contributed by atoms with Crippen LogP contribution >= 0.6 is 0 Å². The van der Waals surface area contributed by atoms with Crippen LogP contribution in [0.25, 0.3) is 11.0 Å². The highest BCUT2D eigenvalue weighted by Gasteiger charge is 2.13. The molecule has 0 aliphatic carbocycles. The van der Waals surface area contributed by atoms with Crippen LogP contribution in [0.3, 0.4) is 0 Å². The zero-order valence-corrected chi connectivity index (χ0v) is 12.2. The average Bonchev–Trinajstić information content (AvgIpc) is 2.87. The molecule has 0 saturated carbocycles. The van der Waals surface area contributed by atoms with Crippen molar-refractivity contribution in [2.45, 2.75) is 25.9 Å². The Morgan fingerprint density at radius 2 is 1.90 bits per heavy atom. The molecule has 108 valence electrons. The molecule has 21 heavy (non-hydrogen) atoms. The number of aliphatic hydroxyl groups excluding tert-OH is 1. The van der Waals surface area contributed by atoms with Crippen LogP contribution in [0, 0.1) is 0 Å². The molecule has 1 unspecified atom stereocenters. The Balaban J connectivity index is 1.85. The maximum atomic E-state index is 10.5. The first-order valence-electron chi connectivity index (χ1n) is 7.08. The summed E-state index contributed by atoms with van der Waals surface area (Å²) in [5.74, 6) is 0. The monoisotopic (exact) mass is 282 g/mol. The van der Waals surface area contributed by atoms with Crippen molar-refractivity contribution >= 4 is 11.0 Å². The molecule has 3 aromatic rings. The maximum Gasteiger partial charge on any atom is 0.0890 e. The molecule has 3 rings (SSSR count). The number of hydrogen-bond donors (Lipinski definition) is 1. The van der Waals surface area contributed by atoms with E-state index in [1.807, 2.05) is 36.0 Å². The Morgan fingerprint density at radius 1 is 1.14 bits per heavy atom. The van der Waals surface area contributed by atoms with Crippen molar-refractivity contribution < 1.29 is 5.11 Å². The van der Waals surface area contributed by atoms with Crippen LogP contribution in [0.4, 0.5) is 0 Å². The van der Waals surface area contributed by atoms with Gasteiger partial charge in [0.25, 0.3) is 0 Å². The van der Waals surface area contributed by atoms with Crippen LogP contribution in [0.15, 0.2) is 36.7 Å². The summed E-state index contributed by atoms with van der Waals surface area (Å²) in [6.07, 6.45) is 4.19. The van der Waals surface area contributed by atoms with Crippen molar-refractivity contribution in [3.63, 3.8) is 0 Å². The fourth-order valence-electron chi connectivity index (χ4n) is 2.44. The molecule has 1 aromatic carbocycles. The maximum absolute atomic E-state index is 10.5. The summed E-state index contributed by atoms with van der Waals surface area (Å²) >= 11 is 0. The minimum absolute atomic E-state index is 0.537. The summed E-state index contributed by atoms with van der Waals surface area (Å²) in [4.78, 5) is 8.51. The molecule has 0 saturated heterocycles. The summed E-state index contributed by atoms with van der Waals surface area (Å²) in [5, 5.41) is 14.9. The summed E-state index contributed by atoms with van der Waals surface area (Å²) in [6.45, 7) is 2.07. The molecule has 0 spiro atoms. The molecule has 2 heterocycles. The van der Waals surface area contributed by atoms with E-state index in [4.69, 9.17) is 0 Å². The first-order valence-corrected chi connectivity index (χ1v) is 7.08. The van der Waals surface area contributed by atoms with E-state index in [2.05, 4.69) is 22.0 Å². The van der Waals surface area contributed by atoms with Crippen molar-refractivity contribution in [1.29, 1.82) is 0 Å². The van der Waals surface area contributed by atoms with E-state index in [1.54, 1.807) is 12.4 Å². The van der Waals surface area contributed by atoms with E-state index in [0.29, 0.717) is 6.42 Å². The first kappa shape index (κ1) is 13.7. The highest BCUT2D eigenvalue weighted by molar-refractivity contribution is 5.74. The summed E-state index contributed by atoms with van der Waals surface area (Å²) in [7, 11) is 1.91. The fourth-order valence-corrected chi connectivity index (χ4v) is 2.44. The van der Waals surface area contributed by atoms with Gasteiger partial charge >= 0.3 is 0 Å². The Kier molecular flexibility index (Phi) is 3.66. The van der Waals surface area contributed by atoms with E-state index >= 15 is 0 Å². The lowest BCUT2D eigenvalue weighted by Crippen LogP contribution is -2.06. The lowest BCUT2D eigenvalue weighted by Gasteiger charge is -2.11. The predicted octanol–water partition coefficient (Wildman–Crippen LogP) is 2.20. The van der Waals surface area contributed by atoms with Gasteiger partial charge in [0.2, 0.25) is 0 Å². The highest BCUT2D eigenvalue weighted by Crippen LogP contribution is 2.21. The SMILES string of the molecule is CCc1cc(CC(O)c2ccc3nccnc3c2)n(C)n1. The zero-order chi connectivity index (χ0) is 14.8. The number of rotatable bonds is 4. The molecule has 1 N–H and O–H groups in total. The van der Waals surface area contributed by atoms with Crippen molar-refractivity contribution in [1.82, 2.24) is 19.7 Å². The molecule has 0 radical (unpaired) electrons. The molecule has 1 atom stereocenters. The van der Waals surface area contributed by atoms with Crippen LogP contribution in [0.5, 0.6) is 0 Å². The predicted molar refractivity (Wildman–Crippen MR) is 80.8 cm³/mol. The van der Waals surface area contributed by atoms with Gasteiger partial charge in [-0.15, -0.1) is 0 Å². The van der Waals surface area contributed by atoms with Gasteiger partial charge in [-0.2, -0.15) is 5.10 Å². The number of hydrogen-bond acceptors (Lipinski definition) is 4. The third kappa shape index (κ3) is 2.78. The van der Waals surface area contributed by atoms with Crippen LogP contribution in [0.2, 0.25) is 0 Å². The summed E-state index contributed by atoms with van der Waals surface area (Å²) in [6, 6.07) is 7.73. The van der Waals surface area contributed by atoms with E-state index in [9.17, 15) is 5.11 Å². The normalized spacial score (nSPS) is 12.7. The minimum atomic E-state index is -0.573. The quantitative estimate of drug-likeness (QED) is 0.797. The minimum Gasteiger partial charge on any atom is -0.388 e. The fraction of sp³-hybridized carbons (Fsp3) is 0.312. The van der Waals surface area contributed by atoms with Crippen LogP contribution in [-0.4, -0.2) is 24.9 Å².